The van der Waals surface area contributed by atoms with E-state index in [2.05, 4.69) is 10.0 Å². The maximum absolute atomic E-state index is 12.9. The van der Waals surface area contributed by atoms with Gasteiger partial charge in [0.2, 0.25) is 0 Å². The Bertz CT molecular complexity index is 837. The summed E-state index contributed by atoms with van der Waals surface area (Å²) in [5.74, 6) is -0.311. The van der Waals surface area contributed by atoms with Gasteiger partial charge in [0, 0.05) is 22.8 Å². The minimum absolute atomic E-state index is 0.0613. The van der Waals surface area contributed by atoms with Crippen molar-refractivity contribution in [1.29, 1.82) is 0 Å². The molecule has 1 heterocycles. The summed E-state index contributed by atoms with van der Waals surface area (Å²) in [6, 6.07) is 17.2. The Morgan fingerprint density at radius 3 is 2.25 bits per heavy atom. The van der Waals surface area contributed by atoms with Crippen LogP contribution >= 0.6 is 0 Å². The van der Waals surface area contributed by atoms with Gasteiger partial charge in [-0.25, -0.2) is 0 Å². The minimum atomic E-state index is -0.311. The summed E-state index contributed by atoms with van der Waals surface area (Å²) in [7, 11) is 0. The van der Waals surface area contributed by atoms with Crippen LogP contribution in [0.25, 0.3) is 10.4 Å². The lowest BCUT2D eigenvalue weighted by Crippen LogP contribution is -2.37. The lowest BCUT2D eigenvalue weighted by atomic mass is 10.2. The number of para-hydroxylation sites is 3. The van der Waals surface area contributed by atoms with Crippen molar-refractivity contribution in [1.82, 2.24) is 0 Å². The molecule has 1 aliphatic heterocycles. The van der Waals surface area contributed by atoms with Crippen LogP contribution in [0.2, 0.25) is 0 Å². The van der Waals surface area contributed by atoms with Gasteiger partial charge >= 0.3 is 0 Å². The summed E-state index contributed by atoms with van der Waals surface area (Å²) in [6.45, 7) is 3.86. The van der Waals surface area contributed by atoms with Crippen LogP contribution in [0.1, 0.15) is 13.8 Å². The van der Waals surface area contributed by atoms with E-state index in [0.29, 0.717) is 0 Å². The fourth-order valence-electron chi connectivity index (χ4n) is 2.78. The van der Waals surface area contributed by atoms with Crippen molar-refractivity contribution in [2.75, 3.05) is 9.80 Å². The Hall–Kier alpha value is -3.24. The van der Waals surface area contributed by atoms with E-state index >= 15 is 0 Å². The van der Waals surface area contributed by atoms with Crippen LogP contribution in [0.4, 0.5) is 17.1 Å². The van der Waals surface area contributed by atoms with Crippen LogP contribution in [-0.2, 0) is 4.79 Å². The largest absolute Gasteiger partial charge is 0.314 e. The van der Waals surface area contributed by atoms with Gasteiger partial charge in [-0.2, -0.15) is 0 Å². The van der Waals surface area contributed by atoms with E-state index in [0.717, 1.165) is 17.1 Å². The van der Waals surface area contributed by atoms with Gasteiger partial charge in [0.05, 0.1) is 11.4 Å². The van der Waals surface area contributed by atoms with Crippen LogP contribution in [0.3, 0.4) is 0 Å². The molecule has 0 unspecified atom stereocenters. The number of azide groups is 1. The maximum Gasteiger partial charge on any atom is 0.262 e. The number of carbonyl (C=O) groups is 1. The van der Waals surface area contributed by atoms with Crippen LogP contribution in [0.5, 0.6) is 0 Å². The molecule has 1 aliphatic rings. The quantitative estimate of drug-likeness (QED) is 0.466. The average Bonchev–Trinajstić information content (AvgIpc) is 2.71. The highest BCUT2D eigenvalue weighted by Crippen LogP contribution is 2.39. The number of amides is 1. The molecular weight excluding hydrogens is 302 g/mol. The maximum atomic E-state index is 12.9. The third-order valence-corrected chi connectivity index (χ3v) is 3.79. The van der Waals surface area contributed by atoms with Crippen LogP contribution in [0.15, 0.2) is 71.6 Å². The number of benzene rings is 2. The van der Waals surface area contributed by atoms with Gasteiger partial charge in [-0.15, -0.1) is 0 Å². The third kappa shape index (κ3) is 2.71. The van der Waals surface area contributed by atoms with E-state index in [1.165, 1.54) is 0 Å². The molecule has 0 N–H and O–H groups in total. The Morgan fingerprint density at radius 1 is 1.00 bits per heavy atom. The molecule has 0 fully saturated rings. The topological polar surface area (TPSA) is 72.3 Å². The van der Waals surface area contributed by atoms with Crippen LogP contribution in [-0.4, -0.2) is 11.9 Å². The fourth-order valence-corrected chi connectivity index (χ4v) is 2.78. The van der Waals surface area contributed by atoms with E-state index in [9.17, 15) is 4.79 Å². The van der Waals surface area contributed by atoms with Gasteiger partial charge in [-0.05, 0) is 43.6 Å². The predicted octanol–water partition coefficient (Wildman–Crippen LogP) is 4.73. The van der Waals surface area contributed by atoms with E-state index in [1.54, 1.807) is 11.1 Å². The molecule has 0 saturated carbocycles. The SMILES string of the molecule is CC(C)N1C(=O)C(N=[N+]=[N-])=CN(c2ccccc2)c2ccccc21. The van der Waals surface area contributed by atoms with Crippen molar-refractivity contribution >= 4 is 23.0 Å². The zero-order valence-corrected chi connectivity index (χ0v) is 13.5. The molecule has 0 saturated heterocycles. The Balaban J connectivity index is 2.28. The molecule has 0 aromatic heterocycles. The summed E-state index contributed by atoms with van der Waals surface area (Å²) in [6.07, 6.45) is 1.60. The first-order valence-electron chi connectivity index (χ1n) is 7.67. The van der Waals surface area contributed by atoms with Gasteiger partial charge in [0.15, 0.2) is 0 Å². The van der Waals surface area contributed by atoms with E-state index in [1.807, 2.05) is 73.3 Å². The predicted molar refractivity (Wildman–Crippen MR) is 94.9 cm³/mol. The molecule has 120 valence electrons. The number of carbonyl (C=O) groups excluding carboxylic acids is 1. The molecule has 24 heavy (non-hydrogen) atoms. The van der Waals surface area contributed by atoms with Crippen molar-refractivity contribution in [2.45, 2.75) is 19.9 Å². The van der Waals surface area contributed by atoms with Crippen LogP contribution < -0.4 is 9.80 Å². The molecule has 3 rings (SSSR count). The second-order valence-corrected chi connectivity index (χ2v) is 5.67. The first-order valence-corrected chi connectivity index (χ1v) is 7.67. The summed E-state index contributed by atoms with van der Waals surface area (Å²) in [5.41, 5.74) is 11.4. The highest BCUT2D eigenvalue weighted by Gasteiger charge is 2.29. The second-order valence-electron chi connectivity index (χ2n) is 5.67. The van der Waals surface area contributed by atoms with Crippen molar-refractivity contribution in [3.8, 4) is 0 Å². The van der Waals surface area contributed by atoms with Gasteiger partial charge in [0.1, 0.15) is 5.70 Å². The normalized spacial score (nSPS) is 14.0. The van der Waals surface area contributed by atoms with Crippen molar-refractivity contribution < 1.29 is 4.79 Å². The van der Waals surface area contributed by atoms with Crippen molar-refractivity contribution in [3.63, 3.8) is 0 Å². The molecule has 0 radical (unpaired) electrons. The van der Waals surface area contributed by atoms with Crippen molar-refractivity contribution in [3.05, 3.63) is 76.9 Å². The Labute approximate surface area is 140 Å². The molecule has 0 aliphatic carbocycles. The molecule has 6 nitrogen and oxygen atoms in total. The minimum Gasteiger partial charge on any atom is -0.314 e. The Kier molecular flexibility index (Phi) is 4.22. The number of nitrogens with zero attached hydrogens (tertiary/aromatic N) is 5. The van der Waals surface area contributed by atoms with Crippen LogP contribution in [0, 0.1) is 0 Å². The summed E-state index contributed by atoms with van der Waals surface area (Å²) >= 11 is 0. The number of fused-ring (bicyclic) bond motifs is 1. The first-order chi connectivity index (χ1) is 11.6. The summed E-state index contributed by atoms with van der Waals surface area (Å²) in [4.78, 5) is 19.2. The lowest BCUT2D eigenvalue weighted by molar-refractivity contribution is -0.115. The fraction of sp³-hybridized carbons (Fsp3) is 0.167. The van der Waals surface area contributed by atoms with Gasteiger partial charge in [0.25, 0.3) is 5.91 Å². The molecule has 0 spiro atoms. The van der Waals surface area contributed by atoms with Gasteiger partial charge in [-0.1, -0.05) is 35.4 Å². The average molecular weight is 319 g/mol. The van der Waals surface area contributed by atoms with Gasteiger partial charge < -0.3 is 9.80 Å². The molecular formula is C18H17N5O. The summed E-state index contributed by atoms with van der Waals surface area (Å²) < 4.78 is 0. The molecule has 0 atom stereocenters. The highest BCUT2D eigenvalue weighted by molar-refractivity contribution is 6.09. The first kappa shape index (κ1) is 15.6. The highest BCUT2D eigenvalue weighted by atomic mass is 16.2. The molecule has 2 aromatic carbocycles. The van der Waals surface area contributed by atoms with E-state index in [4.69, 9.17) is 5.53 Å². The zero-order chi connectivity index (χ0) is 17.1. The lowest BCUT2D eigenvalue weighted by Gasteiger charge is -2.29. The summed E-state index contributed by atoms with van der Waals surface area (Å²) in [5, 5.41) is 3.62. The number of anilines is 3. The monoisotopic (exact) mass is 319 g/mol. The second kappa shape index (κ2) is 6.48. The standard InChI is InChI=1S/C18H17N5O/c1-13(2)23-17-11-7-6-10-16(17)22(14-8-4-3-5-9-14)12-15(18(23)24)20-21-19/h3-13H,1-2H3. The van der Waals surface area contributed by atoms with Gasteiger partial charge in [-0.3, -0.25) is 4.79 Å². The van der Waals surface area contributed by atoms with E-state index < -0.39 is 0 Å². The third-order valence-electron chi connectivity index (χ3n) is 3.79. The Morgan fingerprint density at radius 2 is 1.62 bits per heavy atom. The molecule has 1 amide bonds. The number of rotatable bonds is 3. The number of hydrogen-bond acceptors (Lipinski definition) is 3. The molecule has 0 bridgehead atoms. The number of hydrogen-bond donors (Lipinski definition) is 0. The molecule has 6 heteroatoms. The smallest absolute Gasteiger partial charge is 0.262 e. The molecule has 2 aromatic rings. The van der Waals surface area contributed by atoms with E-state index in [-0.39, 0.29) is 17.6 Å². The van der Waals surface area contributed by atoms with Crippen molar-refractivity contribution in [2.24, 2.45) is 5.11 Å². The zero-order valence-electron chi connectivity index (χ0n) is 13.5.